The number of rotatable bonds is 4. The Hall–Kier alpha value is -5.88. The molecule has 0 nitrogen and oxygen atoms in total. The normalized spacial score (nSPS) is 16.7. The lowest BCUT2D eigenvalue weighted by Gasteiger charge is -2.24. The van der Waals surface area contributed by atoms with Gasteiger partial charge in [0, 0.05) is 61.7 Å². The van der Waals surface area contributed by atoms with E-state index in [1.54, 1.807) is 0 Å². The summed E-state index contributed by atoms with van der Waals surface area (Å²) in [6.45, 7) is 23.0. The van der Waals surface area contributed by atoms with Crippen molar-refractivity contribution < 1.29 is 0 Å². The first-order valence-corrected chi connectivity index (χ1v) is 28.1. The van der Waals surface area contributed by atoms with E-state index >= 15 is 0 Å². The molecule has 0 N–H and O–H groups in total. The van der Waals surface area contributed by atoms with E-state index in [2.05, 4.69) is 215 Å². The summed E-state index contributed by atoms with van der Waals surface area (Å²) < 4.78 is 0. The van der Waals surface area contributed by atoms with Crippen LogP contribution in [0.15, 0.2) is 146 Å². The predicted molar refractivity (Wildman–Crippen MR) is 306 cm³/mol. The van der Waals surface area contributed by atoms with E-state index < -0.39 is 0 Å². The Bertz CT molecular complexity index is 3490. The number of hydrogen-bond acceptors (Lipinski definition) is 4. The van der Waals surface area contributed by atoms with Crippen molar-refractivity contribution in [2.45, 2.75) is 91.9 Å². The Kier molecular flexibility index (Phi) is 9.96. The molecule has 10 aromatic rings. The van der Waals surface area contributed by atoms with E-state index in [1.165, 1.54) is 150 Å². The fourth-order valence-corrected chi connectivity index (χ4v) is 17.1. The first-order valence-electron chi connectivity index (χ1n) is 24.8. The van der Waals surface area contributed by atoms with E-state index in [4.69, 9.17) is 0 Å². The summed E-state index contributed by atoms with van der Waals surface area (Å²) in [5, 5.41) is 0. The van der Waals surface area contributed by atoms with Crippen LogP contribution in [-0.4, -0.2) is 0 Å². The minimum atomic E-state index is 0.00306. The van der Waals surface area contributed by atoms with Crippen molar-refractivity contribution in [1.29, 1.82) is 0 Å². The second kappa shape index (κ2) is 15.8. The van der Waals surface area contributed by atoms with Crippen LogP contribution in [0.1, 0.15) is 120 Å². The van der Waals surface area contributed by atoms with Crippen LogP contribution >= 0.6 is 45.3 Å². The molecule has 4 aromatic heterocycles. The van der Waals surface area contributed by atoms with Crippen LogP contribution in [0, 0.1) is 27.7 Å². The van der Waals surface area contributed by atoms with Crippen molar-refractivity contribution in [3.63, 3.8) is 0 Å². The number of aryl methyl sites for hydroxylation is 4. The first kappa shape index (κ1) is 44.1. The summed E-state index contributed by atoms with van der Waals surface area (Å²) >= 11 is 7.85. The maximum Gasteiger partial charge on any atom is 0.0393 e. The molecule has 70 heavy (non-hydrogen) atoms. The fourth-order valence-electron chi connectivity index (χ4n) is 11.8. The average molecular weight is 977 g/mol. The molecule has 344 valence electrons. The summed E-state index contributed by atoms with van der Waals surface area (Å²) in [6, 6.07) is 55.7. The molecule has 0 amide bonds. The van der Waals surface area contributed by atoms with Gasteiger partial charge in [-0.25, -0.2) is 0 Å². The van der Waals surface area contributed by atoms with Crippen LogP contribution < -0.4 is 0 Å². The standard InChI is InChI=1S/C34H30S2.C32H26S2/c1-19-7-11-21(12-8-19)29-17-27-31(35-29)23-15-26-24(16-25(23)33(27,3)4)32-28(34(26,5)6)18-30(36-32)22-13-9-20(2)10-14-22;1-17-5-9-21(10-6-17)29-15-25-19(3)23-14-28-24(13-27(23)31(25)33-29)20(4)26-16-30(34-32(26)28)22-11-7-18(2)8-12-22/h7-18H,1-6H3;5-16,19-20H,1-4H3. The minimum Gasteiger partial charge on any atom is -0.135 e. The Morgan fingerprint density at radius 3 is 0.900 bits per heavy atom. The third-order valence-electron chi connectivity index (χ3n) is 16.2. The predicted octanol–water partition coefficient (Wildman–Crippen LogP) is 20.4. The molecule has 2 unspecified atom stereocenters. The maximum absolute atomic E-state index is 2.53. The van der Waals surface area contributed by atoms with Gasteiger partial charge in [0.2, 0.25) is 0 Å². The Morgan fingerprint density at radius 1 is 0.300 bits per heavy atom. The molecule has 4 heterocycles. The first-order chi connectivity index (χ1) is 33.6. The van der Waals surface area contributed by atoms with Crippen LogP contribution in [0.25, 0.3) is 83.5 Å². The molecule has 0 bridgehead atoms. The topological polar surface area (TPSA) is 0 Å². The molecule has 4 aliphatic rings. The van der Waals surface area contributed by atoms with Gasteiger partial charge in [0.15, 0.2) is 0 Å². The Labute approximate surface area is 430 Å². The zero-order chi connectivity index (χ0) is 48.1. The highest BCUT2D eigenvalue weighted by atomic mass is 32.1. The van der Waals surface area contributed by atoms with E-state index in [0.29, 0.717) is 11.8 Å². The average Bonchev–Trinajstić information content (AvgIpc) is 4.24. The summed E-state index contributed by atoms with van der Waals surface area (Å²) in [7, 11) is 0. The summed E-state index contributed by atoms with van der Waals surface area (Å²) in [5.74, 6) is 0.892. The highest BCUT2D eigenvalue weighted by Gasteiger charge is 2.44. The largest absolute Gasteiger partial charge is 0.135 e. The molecule has 0 radical (unpaired) electrons. The van der Waals surface area contributed by atoms with Crippen molar-refractivity contribution in [2.24, 2.45) is 0 Å². The Balaban J connectivity index is 0.000000137. The zero-order valence-electron chi connectivity index (χ0n) is 41.6. The number of benzene rings is 6. The van der Waals surface area contributed by atoms with Gasteiger partial charge in [0.25, 0.3) is 0 Å². The quantitative estimate of drug-likeness (QED) is 0.165. The van der Waals surface area contributed by atoms with Gasteiger partial charge in [-0.05, 0) is 165 Å². The molecule has 4 aliphatic carbocycles. The third kappa shape index (κ3) is 6.70. The van der Waals surface area contributed by atoms with E-state index in [1.807, 2.05) is 45.3 Å². The number of fused-ring (bicyclic) bond motifs is 12. The van der Waals surface area contributed by atoms with Gasteiger partial charge in [-0.2, -0.15) is 0 Å². The minimum absolute atomic E-state index is 0.00306. The van der Waals surface area contributed by atoms with Gasteiger partial charge < -0.3 is 0 Å². The second-order valence-corrected chi connectivity index (χ2v) is 25.8. The van der Waals surface area contributed by atoms with Gasteiger partial charge in [-0.3, -0.25) is 0 Å². The van der Waals surface area contributed by atoms with Gasteiger partial charge >= 0.3 is 0 Å². The molecule has 6 aromatic carbocycles. The SMILES string of the molecule is Cc1ccc(-c2cc3c(s2)-c2cc4c(cc2C3(C)C)-c2sc(-c3ccc(C)cc3)cc2C4(C)C)cc1.Cc1ccc(-c2cc3c(s2)-c2cc4c(cc2C3C)-c2sc(-c3ccc(C)cc3)cc2C4C)cc1. The lowest BCUT2D eigenvalue weighted by Crippen LogP contribution is -2.16. The molecule has 0 saturated carbocycles. The summed E-state index contributed by atoms with van der Waals surface area (Å²) in [6.07, 6.45) is 0. The maximum atomic E-state index is 2.53. The van der Waals surface area contributed by atoms with E-state index in [-0.39, 0.29) is 10.8 Å². The molecule has 14 rings (SSSR count). The summed E-state index contributed by atoms with van der Waals surface area (Å²) in [4.78, 5) is 11.4. The second-order valence-electron chi connectivity index (χ2n) is 21.6. The fraction of sp³-hybridized carbons (Fsp3) is 0.212. The van der Waals surface area contributed by atoms with Crippen LogP contribution in [0.5, 0.6) is 0 Å². The molecule has 2 atom stereocenters. The van der Waals surface area contributed by atoms with Crippen LogP contribution in [0.3, 0.4) is 0 Å². The van der Waals surface area contributed by atoms with Crippen molar-refractivity contribution in [3.8, 4) is 83.5 Å². The lowest BCUT2D eigenvalue weighted by molar-refractivity contribution is 0.653. The molecule has 0 fully saturated rings. The highest BCUT2D eigenvalue weighted by Crippen LogP contribution is 2.61. The van der Waals surface area contributed by atoms with Crippen molar-refractivity contribution in [2.75, 3.05) is 0 Å². The zero-order valence-corrected chi connectivity index (χ0v) is 44.9. The van der Waals surface area contributed by atoms with Crippen molar-refractivity contribution in [3.05, 3.63) is 212 Å². The number of hydrogen-bond donors (Lipinski definition) is 0. The van der Waals surface area contributed by atoms with Gasteiger partial charge in [0.1, 0.15) is 0 Å². The van der Waals surface area contributed by atoms with Gasteiger partial charge in [-0.1, -0.05) is 161 Å². The molecule has 0 aliphatic heterocycles. The molecular weight excluding hydrogens is 921 g/mol. The lowest BCUT2D eigenvalue weighted by atomic mass is 9.79. The van der Waals surface area contributed by atoms with E-state index in [9.17, 15) is 0 Å². The number of thiophene rings is 4. The van der Waals surface area contributed by atoms with Crippen LogP contribution in [0.4, 0.5) is 0 Å². The molecule has 0 spiro atoms. The molecular formula is C66H56S4. The Morgan fingerprint density at radius 2 is 0.586 bits per heavy atom. The highest BCUT2D eigenvalue weighted by molar-refractivity contribution is 7.20. The van der Waals surface area contributed by atoms with Crippen LogP contribution in [-0.2, 0) is 10.8 Å². The smallest absolute Gasteiger partial charge is 0.0393 e. The van der Waals surface area contributed by atoms with Gasteiger partial charge in [0.05, 0.1) is 0 Å². The van der Waals surface area contributed by atoms with Crippen molar-refractivity contribution >= 4 is 45.3 Å². The van der Waals surface area contributed by atoms with E-state index in [0.717, 1.165) is 0 Å². The monoisotopic (exact) mass is 976 g/mol. The molecule has 4 heteroatoms. The summed E-state index contributed by atoms with van der Waals surface area (Å²) in [5.41, 5.74) is 28.3. The van der Waals surface area contributed by atoms with Crippen molar-refractivity contribution in [1.82, 2.24) is 0 Å². The van der Waals surface area contributed by atoms with Gasteiger partial charge in [-0.15, -0.1) is 45.3 Å². The third-order valence-corrected chi connectivity index (χ3v) is 21.1. The van der Waals surface area contributed by atoms with Crippen LogP contribution in [0.2, 0.25) is 0 Å². The molecule has 0 saturated heterocycles.